The van der Waals surface area contributed by atoms with Crippen molar-refractivity contribution in [2.75, 3.05) is 27.1 Å². The number of nitrogens with zero attached hydrogens (tertiary/aromatic N) is 2. The standard InChI is InChI=1S/C23H23Cl2N3O5/c1-30-8-7-26-23(29)18-13-31-21(27-18)12-28(11-16-3-2-4-17(24)22(16)25)10-15-5-6-19-20(9-15)33-14-32-19/h2-6,9,13H,7-8,10-12,14H2,1H3,(H,26,29). The molecule has 1 aromatic heterocycles. The molecule has 0 radical (unpaired) electrons. The van der Waals surface area contributed by atoms with E-state index >= 15 is 0 Å². The Kier molecular flexibility index (Phi) is 7.72. The number of aromatic nitrogens is 1. The molecular formula is C23H23Cl2N3O5. The van der Waals surface area contributed by atoms with Gasteiger partial charge in [-0.2, -0.15) is 0 Å². The van der Waals surface area contributed by atoms with Gasteiger partial charge in [-0.15, -0.1) is 0 Å². The van der Waals surface area contributed by atoms with Crippen LogP contribution in [-0.4, -0.2) is 42.8 Å². The van der Waals surface area contributed by atoms with Crippen LogP contribution < -0.4 is 14.8 Å². The Hall–Kier alpha value is -2.78. The number of benzene rings is 2. The van der Waals surface area contributed by atoms with Gasteiger partial charge in [0.1, 0.15) is 6.26 Å². The second-order valence-corrected chi connectivity index (χ2v) is 8.21. The summed E-state index contributed by atoms with van der Waals surface area (Å²) in [6.45, 7) is 2.42. The average molecular weight is 492 g/mol. The molecule has 1 aliphatic heterocycles. The van der Waals surface area contributed by atoms with E-state index in [9.17, 15) is 4.79 Å². The number of methoxy groups -OCH3 is 1. The number of fused-ring (bicyclic) bond motifs is 1. The highest BCUT2D eigenvalue weighted by molar-refractivity contribution is 6.42. The van der Waals surface area contributed by atoms with Crippen LogP contribution in [-0.2, 0) is 24.4 Å². The molecule has 10 heteroatoms. The summed E-state index contributed by atoms with van der Waals surface area (Å²) in [5.74, 6) is 1.52. The summed E-state index contributed by atoms with van der Waals surface area (Å²) in [5.41, 5.74) is 2.10. The van der Waals surface area contributed by atoms with Crippen LogP contribution in [0.1, 0.15) is 27.5 Å². The Morgan fingerprint density at radius 2 is 2.00 bits per heavy atom. The fourth-order valence-corrected chi connectivity index (χ4v) is 3.79. The summed E-state index contributed by atoms with van der Waals surface area (Å²) in [7, 11) is 1.57. The molecule has 0 fully saturated rings. The zero-order valence-corrected chi connectivity index (χ0v) is 19.5. The molecule has 33 heavy (non-hydrogen) atoms. The summed E-state index contributed by atoms with van der Waals surface area (Å²) >= 11 is 12.6. The van der Waals surface area contributed by atoms with E-state index in [0.717, 1.165) is 16.9 Å². The van der Waals surface area contributed by atoms with Crippen molar-refractivity contribution in [1.82, 2.24) is 15.2 Å². The van der Waals surface area contributed by atoms with Crippen molar-refractivity contribution in [3.05, 3.63) is 75.4 Å². The number of carbonyl (C=O) groups excluding carboxylic acids is 1. The highest BCUT2D eigenvalue weighted by Gasteiger charge is 2.19. The van der Waals surface area contributed by atoms with Crippen molar-refractivity contribution in [2.24, 2.45) is 0 Å². The maximum atomic E-state index is 12.2. The lowest BCUT2D eigenvalue weighted by Gasteiger charge is -2.22. The van der Waals surface area contributed by atoms with Crippen LogP contribution in [0.25, 0.3) is 0 Å². The van der Waals surface area contributed by atoms with E-state index in [-0.39, 0.29) is 18.4 Å². The van der Waals surface area contributed by atoms with E-state index in [0.29, 0.717) is 54.5 Å². The molecule has 0 saturated carbocycles. The van der Waals surface area contributed by atoms with Gasteiger partial charge in [0.05, 0.1) is 23.2 Å². The highest BCUT2D eigenvalue weighted by atomic mass is 35.5. The third kappa shape index (κ3) is 5.97. The molecule has 1 amide bonds. The van der Waals surface area contributed by atoms with Crippen LogP contribution in [0.2, 0.25) is 10.0 Å². The lowest BCUT2D eigenvalue weighted by molar-refractivity contribution is 0.0932. The molecule has 0 aliphatic carbocycles. The van der Waals surface area contributed by atoms with Gasteiger partial charge in [0.25, 0.3) is 5.91 Å². The minimum Gasteiger partial charge on any atom is -0.454 e. The highest BCUT2D eigenvalue weighted by Crippen LogP contribution is 2.33. The largest absolute Gasteiger partial charge is 0.454 e. The van der Waals surface area contributed by atoms with Gasteiger partial charge >= 0.3 is 0 Å². The Labute approximate surface area is 201 Å². The Morgan fingerprint density at radius 1 is 1.15 bits per heavy atom. The fraction of sp³-hybridized carbons (Fsp3) is 0.304. The zero-order valence-electron chi connectivity index (χ0n) is 18.0. The third-order valence-electron chi connectivity index (χ3n) is 5.00. The van der Waals surface area contributed by atoms with Gasteiger partial charge in [-0.3, -0.25) is 9.69 Å². The first-order valence-corrected chi connectivity index (χ1v) is 11.0. The number of oxazole rings is 1. The molecule has 0 spiro atoms. The van der Waals surface area contributed by atoms with Crippen LogP contribution in [0.15, 0.2) is 47.1 Å². The monoisotopic (exact) mass is 491 g/mol. The van der Waals surface area contributed by atoms with Crippen molar-refractivity contribution < 1.29 is 23.4 Å². The van der Waals surface area contributed by atoms with E-state index in [4.69, 9.17) is 41.8 Å². The molecule has 0 bridgehead atoms. The Bertz CT molecular complexity index is 1120. The minimum atomic E-state index is -0.317. The SMILES string of the molecule is COCCNC(=O)c1coc(CN(Cc2ccc3c(c2)OCO3)Cc2cccc(Cl)c2Cl)n1. The summed E-state index contributed by atoms with van der Waals surface area (Å²) in [6, 6.07) is 11.3. The lowest BCUT2D eigenvalue weighted by Crippen LogP contribution is -2.27. The lowest BCUT2D eigenvalue weighted by atomic mass is 10.1. The first-order chi connectivity index (χ1) is 16.0. The molecule has 8 nitrogen and oxygen atoms in total. The van der Waals surface area contributed by atoms with Crippen LogP contribution in [0.4, 0.5) is 0 Å². The van der Waals surface area contributed by atoms with Gasteiger partial charge in [0, 0.05) is 26.7 Å². The molecule has 0 unspecified atom stereocenters. The Morgan fingerprint density at radius 3 is 2.85 bits per heavy atom. The number of hydrogen-bond donors (Lipinski definition) is 1. The number of ether oxygens (including phenoxy) is 3. The van der Waals surface area contributed by atoms with Crippen LogP contribution in [0, 0.1) is 0 Å². The molecule has 1 N–H and O–H groups in total. The number of amides is 1. The Balaban J connectivity index is 1.51. The maximum absolute atomic E-state index is 12.2. The minimum absolute atomic E-state index is 0.213. The second kappa shape index (κ2) is 10.9. The normalized spacial score (nSPS) is 12.4. The van der Waals surface area contributed by atoms with Crippen molar-refractivity contribution in [3.8, 4) is 11.5 Å². The smallest absolute Gasteiger partial charge is 0.273 e. The van der Waals surface area contributed by atoms with E-state index < -0.39 is 0 Å². The molecule has 2 aromatic carbocycles. The zero-order chi connectivity index (χ0) is 23.2. The quantitative estimate of drug-likeness (QED) is 0.423. The fourth-order valence-electron chi connectivity index (χ4n) is 3.41. The van der Waals surface area contributed by atoms with Crippen LogP contribution >= 0.6 is 23.2 Å². The third-order valence-corrected chi connectivity index (χ3v) is 5.86. The number of halogens is 2. The molecule has 4 rings (SSSR count). The van der Waals surface area contributed by atoms with Gasteiger partial charge in [0.2, 0.25) is 12.7 Å². The van der Waals surface area contributed by atoms with Gasteiger partial charge < -0.3 is 23.9 Å². The molecule has 1 aliphatic rings. The number of hydrogen-bond acceptors (Lipinski definition) is 7. The summed E-state index contributed by atoms with van der Waals surface area (Å²) < 4.78 is 21.4. The predicted octanol–water partition coefficient (Wildman–Crippen LogP) is 4.29. The van der Waals surface area contributed by atoms with E-state index in [2.05, 4.69) is 15.2 Å². The van der Waals surface area contributed by atoms with E-state index in [1.54, 1.807) is 13.2 Å². The summed E-state index contributed by atoms with van der Waals surface area (Å²) in [4.78, 5) is 18.7. The predicted molar refractivity (Wildman–Crippen MR) is 123 cm³/mol. The summed E-state index contributed by atoms with van der Waals surface area (Å²) in [6.07, 6.45) is 1.35. The molecular weight excluding hydrogens is 469 g/mol. The molecule has 3 aromatic rings. The summed E-state index contributed by atoms with van der Waals surface area (Å²) in [5, 5.41) is 3.72. The van der Waals surface area contributed by atoms with Crippen molar-refractivity contribution in [2.45, 2.75) is 19.6 Å². The molecule has 0 saturated heterocycles. The number of carbonyl (C=O) groups is 1. The first kappa shape index (κ1) is 23.4. The van der Waals surface area contributed by atoms with Gasteiger partial charge in [-0.05, 0) is 29.3 Å². The number of nitrogens with one attached hydrogen (secondary N) is 1. The van der Waals surface area contributed by atoms with Crippen molar-refractivity contribution in [1.29, 1.82) is 0 Å². The van der Waals surface area contributed by atoms with Gasteiger partial charge in [-0.1, -0.05) is 41.4 Å². The molecule has 174 valence electrons. The van der Waals surface area contributed by atoms with E-state index in [1.807, 2.05) is 30.3 Å². The van der Waals surface area contributed by atoms with Crippen LogP contribution in [0.3, 0.4) is 0 Å². The maximum Gasteiger partial charge on any atom is 0.273 e. The van der Waals surface area contributed by atoms with Crippen LogP contribution in [0.5, 0.6) is 11.5 Å². The first-order valence-electron chi connectivity index (χ1n) is 10.3. The van der Waals surface area contributed by atoms with Gasteiger partial charge in [0.15, 0.2) is 17.2 Å². The van der Waals surface area contributed by atoms with E-state index in [1.165, 1.54) is 6.26 Å². The van der Waals surface area contributed by atoms with Crippen molar-refractivity contribution in [3.63, 3.8) is 0 Å². The molecule has 0 atom stereocenters. The van der Waals surface area contributed by atoms with Crippen molar-refractivity contribution >= 4 is 29.1 Å². The topological polar surface area (TPSA) is 86.1 Å². The van der Waals surface area contributed by atoms with Gasteiger partial charge in [-0.25, -0.2) is 4.98 Å². The number of rotatable bonds is 10. The average Bonchev–Trinajstić information content (AvgIpc) is 3.46. The molecule has 2 heterocycles. The second-order valence-electron chi connectivity index (χ2n) is 7.42.